The second-order valence-electron chi connectivity index (χ2n) is 8.17. The summed E-state index contributed by atoms with van der Waals surface area (Å²) < 4.78 is 31.6. The Morgan fingerprint density at radius 1 is 1.04 bits per heavy atom. The largest absolute Gasteiger partial charge is 0.373 e. The molecule has 1 aliphatic heterocycles. The molecule has 1 aromatic heterocycles. The first-order chi connectivity index (χ1) is 12.8. The Morgan fingerprint density at radius 2 is 1.74 bits per heavy atom. The molecule has 27 heavy (non-hydrogen) atoms. The van der Waals surface area contributed by atoms with E-state index in [4.69, 9.17) is 0 Å². The summed E-state index contributed by atoms with van der Waals surface area (Å²) in [5.74, 6) is -0.969. The van der Waals surface area contributed by atoms with E-state index in [1.807, 2.05) is 26.2 Å². The summed E-state index contributed by atoms with van der Waals surface area (Å²) in [6, 6.07) is 6.58. The van der Waals surface area contributed by atoms with Crippen LogP contribution in [0, 0.1) is 11.6 Å². The van der Waals surface area contributed by atoms with Gasteiger partial charge in [-0.25, -0.2) is 8.78 Å². The van der Waals surface area contributed by atoms with Gasteiger partial charge in [0.25, 0.3) is 0 Å². The van der Waals surface area contributed by atoms with Gasteiger partial charge in [0.1, 0.15) is 17.3 Å². The van der Waals surface area contributed by atoms with E-state index < -0.39 is 11.6 Å². The first kappa shape index (κ1) is 19.8. The normalized spacial score (nSPS) is 23.7. The van der Waals surface area contributed by atoms with Crippen LogP contribution in [0.15, 0.2) is 30.5 Å². The van der Waals surface area contributed by atoms with Crippen molar-refractivity contribution < 1.29 is 13.3 Å². The zero-order chi connectivity index (χ0) is 20.0. The molecule has 0 radical (unpaired) electrons. The van der Waals surface area contributed by atoms with Crippen molar-refractivity contribution in [3.05, 3.63) is 47.7 Å². The lowest BCUT2D eigenvalue weighted by atomic mass is 9.58. The number of hydrogen-bond donors (Lipinski definition) is 0. The Morgan fingerprint density at radius 3 is 2.30 bits per heavy atom. The highest BCUT2D eigenvalue weighted by molar-refractivity contribution is 5.67. The van der Waals surface area contributed by atoms with Gasteiger partial charge in [0, 0.05) is 39.1 Å². The zero-order valence-electron chi connectivity index (χ0n) is 17.4. The predicted molar refractivity (Wildman–Crippen MR) is 107 cm³/mol. The molecule has 0 bridgehead atoms. The molecule has 2 aromatic rings. The number of halogens is 2. The standard InChI is InChI=1S/C23H31F2N2/c1-7-12-23(9-3)22(4,8-2)18-13-16(24)14-19(25)21(18)20-11-10-17(26(5)6)15-27(20)23/h10-11,13-15H,7-9,12H2,1-6H3/q+1. The van der Waals surface area contributed by atoms with E-state index in [0.29, 0.717) is 5.56 Å². The van der Waals surface area contributed by atoms with Crippen LogP contribution < -0.4 is 9.47 Å². The van der Waals surface area contributed by atoms with Crippen molar-refractivity contribution in [2.45, 2.75) is 64.3 Å². The molecular formula is C23H31F2N2+. The van der Waals surface area contributed by atoms with Crippen molar-refractivity contribution in [2.24, 2.45) is 0 Å². The average Bonchev–Trinajstić information content (AvgIpc) is 2.64. The number of pyridine rings is 1. The minimum Gasteiger partial charge on any atom is -0.373 e. The Kier molecular flexibility index (Phi) is 5.04. The summed E-state index contributed by atoms with van der Waals surface area (Å²) in [7, 11) is 4.03. The third kappa shape index (κ3) is 2.67. The Labute approximate surface area is 161 Å². The molecule has 0 saturated carbocycles. The van der Waals surface area contributed by atoms with Crippen LogP contribution in [0.25, 0.3) is 11.3 Å². The third-order valence-corrected chi connectivity index (χ3v) is 6.80. The van der Waals surface area contributed by atoms with E-state index in [9.17, 15) is 4.39 Å². The van der Waals surface area contributed by atoms with Gasteiger partial charge in [0.2, 0.25) is 5.69 Å². The summed E-state index contributed by atoms with van der Waals surface area (Å²) in [6.07, 6.45) is 5.83. The quantitative estimate of drug-likeness (QED) is 0.621. The monoisotopic (exact) mass is 373 g/mol. The Balaban J connectivity index is 2.48. The van der Waals surface area contributed by atoms with Crippen LogP contribution in [-0.4, -0.2) is 14.1 Å². The van der Waals surface area contributed by atoms with E-state index in [1.54, 1.807) is 6.07 Å². The van der Waals surface area contributed by atoms with Gasteiger partial charge < -0.3 is 4.90 Å². The highest BCUT2D eigenvalue weighted by Gasteiger charge is 2.59. The van der Waals surface area contributed by atoms with Crippen molar-refractivity contribution in [3.8, 4) is 11.3 Å². The van der Waals surface area contributed by atoms with E-state index in [2.05, 4.69) is 43.4 Å². The van der Waals surface area contributed by atoms with Gasteiger partial charge in [-0.2, -0.15) is 4.57 Å². The maximum Gasteiger partial charge on any atom is 0.216 e. The van der Waals surface area contributed by atoms with Gasteiger partial charge in [-0.15, -0.1) is 0 Å². The van der Waals surface area contributed by atoms with Crippen LogP contribution in [-0.2, 0) is 11.0 Å². The number of hydrogen-bond acceptors (Lipinski definition) is 1. The van der Waals surface area contributed by atoms with Crippen molar-refractivity contribution in [3.63, 3.8) is 0 Å². The van der Waals surface area contributed by atoms with Gasteiger partial charge >= 0.3 is 0 Å². The van der Waals surface area contributed by atoms with Crippen LogP contribution in [0.3, 0.4) is 0 Å². The fourth-order valence-electron chi connectivity index (χ4n) is 5.16. The smallest absolute Gasteiger partial charge is 0.216 e. The van der Waals surface area contributed by atoms with Crippen LogP contribution in [0.4, 0.5) is 14.5 Å². The van der Waals surface area contributed by atoms with Gasteiger partial charge in [-0.05, 0) is 37.5 Å². The average molecular weight is 374 g/mol. The summed E-state index contributed by atoms with van der Waals surface area (Å²) in [5, 5.41) is 0. The van der Waals surface area contributed by atoms with Crippen molar-refractivity contribution in [1.29, 1.82) is 0 Å². The molecule has 0 saturated heterocycles. The van der Waals surface area contributed by atoms with E-state index in [0.717, 1.165) is 48.7 Å². The van der Waals surface area contributed by atoms with E-state index in [-0.39, 0.29) is 11.0 Å². The van der Waals surface area contributed by atoms with Crippen LogP contribution in [0.2, 0.25) is 0 Å². The van der Waals surface area contributed by atoms with E-state index in [1.165, 1.54) is 0 Å². The lowest BCUT2D eigenvalue weighted by Crippen LogP contribution is -2.69. The van der Waals surface area contributed by atoms with Crippen molar-refractivity contribution in [1.82, 2.24) is 0 Å². The van der Waals surface area contributed by atoms with Gasteiger partial charge in [-0.3, -0.25) is 0 Å². The molecule has 2 heterocycles. The number of benzene rings is 1. The third-order valence-electron chi connectivity index (χ3n) is 6.80. The SMILES string of the molecule is CCCC1(CC)[n+]2cc(N(C)C)ccc2-c2c(F)cc(F)cc2C1(C)CC. The lowest BCUT2D eigenvalue weighted by molar-refractivity contribution is -0.769. The lowest BCUT2D eigenvalue weighted by Gasteiger charge is -2.48. The summed E-state index contributed by atoms with van der Waals surface area (Å²) in [4.78, 5) is 2.07. The molecule has 2 unspecified atom stereocenters. The molecular weight excluding hydrogens is 342 g/mol. The minimum absolute atomic E-state index is 0.231. The number of anilines is 1. The maximum atomic E-state index is 15.0. The van der Waals surface area contributed by atoms with Gasteiger partial charge in [0.15, 0.2) is 11.7 Å². The molecule has 2 atom stereocenters. The molecule has 0 spiro atoms. The second-order valence-corrected chi connectivity index (χ2v) is 8.17. The molecule has 146 valence electrons. The number of nitrogens with zero attached hydrogens (tertiary/aromatic N) is 2. The topological polar surface area (TPSA) is 7.12 Å². The molecule has 0 aliphatic carbocycles. The second kappa shape index (κ2) is 6.88. The van der Waals surface area contributed by atoms with Gasteiger partial charge in [0.05, 0.1) is 11.0 Å². The molecule has 0 amide bonds. The van der Waals surface area contributed by atoms with Crippen LogP contribution in [0.1, 0.15) is 58.9 Å². The minimum atomic E-state index is -0.495. The molecule has 0 N–H and O–H groups in total. The molecule has 3 rings (SSSR count). The number of aromatic nitrogens is 1. The van der Waals surface area contributed by atoms with Gasteiger partial charge in [-0.1, -0.05) is 20.8 Å². The molecule has 0 fully saturated rings. The summed E-state index contributed by atoms with van der Waals surface area (Å²) >= 11 is 0. The first-order valence-corrected chi connectivity index (χ1v) is 9.99. The summed E-state index contributed by atoms with van der Waals surface area (Å²) in [6.45, 7) is 8.70. The van der Waals surface area contributed by atoms with Crippen molar-refractivity contribution in [2.75, 3.05) is 19.0 Å². The van der Waals surface area contributed by atoms with E-state index >= 15 is 4.39 Å². The summed E-state index contributed by atoms with van der Waals surface area (Å²) in [5.41, 5.74) is 2.68. The molecule has 1 aromatic carbocycles. The Hall–Kier alpha value is -1.97. The molecule has 1 aliphatic rings. The van der Waals surface area contributed by atoms with Crippen molar-refractivity contribution >= 4 is 5.69 Å². The van der Waals surface area contributed by atoms with Crippen LogP contribution in [0.5, 0.6) is 0 Å². The first-order valence-electron chi connectivity index (χ1n) is 9.99. The fourth-order valence-corrected chi connectivity index (χ4v) is 5.16. The predicted octanol–water partition coefficient (Wildman–Crippen LogP) is 5.57. The van der Waals surface area contributed by atoms with Crippen LogP contribution >= 0.6 is 0 Å². The highest BCUT2D eigenvalue weighted by atomic mass is 19.1. The molecule has 2 nitrogen and oxygen atoms in total. The molecule has 4 heteroatoms. The maximum absolute atomic E-state index is 15.0. The number of fused-ring (bicyclic) bond motifs is 3. The fraction of sp³-hybridized carbons (Fsp3) is 0.522. The Bertz CT molecular complexity index is 862. The zero-order valence-corrected chi connectivity index (χ0v) is 17.4. The highest BCUT2D eigenvalue weighted by Crippen LogP contribution is 2.52. The number of rotatable bonds is 5.